The molecule has 3 nitrogen and oxygen atoms in total. The normalized spacial score (nSPS) is 11.3. The lowest BCUT2D eigenvalue weighted by atomic mass is 10.0. The Bertz CT molecular complexity index is 2030. The summed E-state index contributed by atoms with van der Waals surface area (Å²) >= 11 is 0. The zero-order valence-corrected chi connectivity index (χ0v) is 27.5. The van der Waals surface area contributed by atoms with Crippen LogP contribution in [0.15, 0.2) is 199 Å². The van der Waals surface area contributed by atoms with E-state index >= 15 is 0 Å². The second kappa shape index (κ2) is 14.1. The largest absolute Gasteiger partial charge is 0.355 e. The Hall–Kier alpha value is -6.10. The van der Waals surface area contributed by atoms with Crippen LogP contribution < -0.4 is 26.1 Å². The zero-order valence-electron chi connectivity index (χ0n) is 26.5. The minimum Gasteiger partial charge on any atom is -0.355 e. The van der Waals surface area contributed by atoms with Crippen LogP contribution in [0.3, 0.4) is 0 Å². The molecule has 230 valence electrons. The van der Waals surface area contributed by atoms with Gasteiger partial charge in [-0.2, -0.15) is 0 Å². The van der Waals surface area contributed by atoms with Gasteiger partial charge in [-0.3, -0.25) is 5.41 Å². The standard InChI is InChI=1S/C44H35N3Si/c45-44(36-15-5-1-6-16-36)46-33-34-25-29-37(30-26-34)47-43-24-14-13-23-42(43)35-27-31-41(32-28-35)48(38-17-7-2-8-18-38,39-19-9-3-10-20-39)40-21-11-4-12-22-40/h1-33,45,47H. The summed E-state index contributed by atoms with van der Waals surface area (Å²) in [6.07, 6.45) is 1.73. The molecule has 0 aliphatic heterocycles. The Labute approximate surface area is 283 Å². The van der Waals surface area contributed by atoms with Gasteiger partial charge in [0, 0.05) is 28.7 Å². The molecule has 0 aromatic heterocycles. The topological polar surface area (TPSA) is 48.2 Å². The molecule has 0 unspecified atom stereocenters. The molecule has 0 radical (unpaired) electrons. The van der Waals surface area contributed by atoms with Crippen LogP contribution >= 0.6 is 0 Å². The summed E-state index contributed by atoms with van der Waals surface area (Å²) in [6.45, 7) is 0. The van der Waals surface area contributed by atoms with E-state index in [9.17, 15) is 0 Å². The Morgan fingerprint density at radius 2 is 0.938 bits per heavy atom. The van der Waals surface area contributed by atoms with Crippen molar-refractivity contribution in [3.8, 4) is 11.1 Å². The number of para-hydroxylation sites is 1. The summed E-state index contributed by atoms with van der Waals surface area (Å²) in [5.41, 5.74) is 6.05. The van der Waals surface area contributed by atoms with Crippen molar-refractivity contribution < 1.29 is 0 Å². The van der Waals surface area contributed by atoms with Gasteiger partial charge in [-0.15, -0.1) is 0 Å². The molecule has 0 aliphatic rings. The minimum atomic E-state index is -2.58. The van der Waals surface area contributed by atoms with E-state index in [1.54, 1.807) is 6.21 Å². The van der Waals surface area contributed by atoms with Crippen LogP contribution in [0.1, 0.15) is 11.1 Å². The van der Waals surface area contributed by atoms with Crippen LogP contribution in [0, 0.1) is 5.41 Å². The molecule has 4 heteroatoms. The van der Waals surface area contributed by atoms with Crippen LogP contribution in [0.2, 0.25) is 0 Å². The van der Waals surface area contributed by atoms with Gasteiger partial charge >= 0.3 is 0 Å². The molecule has 0 atom stereocenters. The third-order valence-electron chi connectivity index (χ3n) is 8.76. The first kappa shape index (κ1) is 30.5. The number of nitrogens with one attached hydrogen (secondary N) is 2. The average molecular weight is 634 g/mol. The third kappa shape index (κ3) is 6.30. The van der Waals surface area contributed by atoms with E-state index in [0.29, 0.717) is 0 Å². The zero-order chi connectivity index (χ0) is 32.6. The maximum atomic E-state index is 8.25. The van der Waals surface area contributed by atoms with E-state index in [1.807, 2.05) is 54.6 Å². The fourth-order valence-corrected chi connectivity index (χ4v) is 11.2. The Morgan fingerprint density at radius 1 is 0.479 bits per heavy atom. The summed E-state index contributed by atoms with van der Waals surface area (Å²) in [5.74, 6) is 0.244. The number of nitrogens with zero attached hydrogens (tertiary/aromatic N) is 1. The number of anilines is 2. The summed E-state index contributed by atoms with van der Waals surface area (Å²) in [6, 6.07) is 68.4. The van der Waals surface area contributed by atoms with E-state index in [4.69, 9.17) is 5.41 Å². The molecule has 0 bridgehead atoms. The smallest absolute Gasteiger partial charge is 0.179 e. The first-order chi connectivity index (χ1) is 23.7. The van der Waals surface area contributed by atoms with Gasteiger partial charge in [0.15, 0.2) is 13.9 Å². The molecule has 48 heavy (non-hydrogen) atoms. The van der Waals surface area contributed by atoms with Gasteiger partial charge in [0.25, 0.3) is 0 Å². The number of hydrogen-bond acceptors (Lipinski definition) is 2. The first-order valence-corrected chi connectivity index (χ1v) is 18.1. The monoisotopic (exact) mass is 633 g/mol. The molecule has 2 N–H and O–H groups in total. The molecular weight excluding hydrogens is 599 g/mol. The molecule has 7 rings (SSSR count). The van der Waals surface area contributed by atoms with Crippen molar-refractivity contribution in [3.63, 3.8) is 0 Å². The Balaban J connectivity index is 1.20. The van der Waals surface area contributed by atoms with Crippen molar-refractivity contribution in [2.75, 3.05) is 5.32 Å². The fraction of sp³-hybridized carbons (Fsp3) is 0. The van der Waals surface area contributed by atoms with Crippen molar-refractivity contribution >= 4 is 52.2 Å². The average Bonchev–Trinajstić information content (AvgIpc) is 3.17. The lowest BCUT2D eigenvalue weighted by molar-refractivity contribution is 1.42. The molecule has 0 heterocycles. The highest BCUT2D eigenvalue weighted by Gasteiger charge is 2.41. The Morgan fingerprint density at radius 3 is 1.48 bits per heavy atom. The lowest BCUT2D eigenvalue weighted by Gasteiger charge is -2.34. The van der Waals surface area contributed by atoms with E-state index in [-0.39, 0.29) is 5.84 Å². The van der Waals surface area contributed by atoms with Gasteiger partial charge in [0.2, 0.25) is 0 Å². The summed E-state index contributed by atoms with van der Waals surface area (Å²) < 4.78 is 0. The van der Waals surface area contributed by atoms with E-state index in [0.717, 1.165) is 33.6 Å². The van der Waals surface area contributed by atoms with Crippen LogP contribution in [0.4, 0.5) is 11.4 Å². The minimum absolute atomic E-state index is 0.244. The summed E-state index contributed by atoms with van der Waals surface area (Å²) in [7, 11) is -2.58. The maximum absolute atomic E-state index is 8.25. The second-order valence-corrected chi connectivity index (χ2v) is 15.5. The maximum Gasteiger partial charge on any atom is 0.179 e. The van der Waals surface area contributed by atoms with Crippen LogP contribution in [0.25, 0.3) is 11.1 Å². The Kier molecular flexibility index (Phi) is 8.99. The first-order valence-electron chi connectivity index (χ1n) is 16.1. The van der Waals surface area contributed by atoms with Crippen molar-refractivity contribution in [2.24, 2.45) is 4.99 Å². The van der Waals surface area contributed by atoms with E-state index < -0.39 is 8.07 Å². The second-order valence-electron chi connectivity index (χ2n) is 11.7. The van der Waals surface area contributed by atoms with Crippen LogP contribution in [0.5, 0.6) is 0 Å². The number of rotatable bonds is 9. The molecular formula is C44H35N3Si. The van der Waals surface area contributed by atoms with Gasteiger partial charge in [-0.05, 0) is 50.1 Å². The van der Waals surface area contributed by atoms with Gasteiger partial charge in [0.1, 0.15) is 0 Å². The number of amidine groups is 1. The fourth-order valence-electron chi connectivity index (χ4n) is 6.43. The van der Waals surface area contributed by atoms with Gasteiger partial charge < -0.3 is 5.32 Å². The van der Waals surface area contributed by atoms with Crippen molar-refractivity contribution in [1.82, 2.24) is 0 Å². The molecule has 0 saturated heterocycles. The van der Waals surface area contributed by atoms with Gasteiger partial charge in [-0.25, -0.2) is 4.99 Å². The summed E-state index contributed by atoms with van der Waals surface area (Å²) in [5, 5.41) is 17.3. The highest BCUT2D eigenvalue weighted by Crippen LogP contribution is 2.30. The highest BCUT2D eigenvalue weighted by atomic mass is 28.3. The lowest BCUT2D eigenvalue weighted by Crippen LogP contribution is -2.74. The van der Waals surface area contributed by atoms with Crippen molar-refractivity contribution in [3.05, 3.63) is 205 Å². The molecule has 0 fully saturated rings. The number of aliphatic imine (C=N–C) groups is 1. The van der Waals surface area contributed by atoms with Gasteiger partial charge in [-0.1, -0.05) is 176 Å². The van der Waals surface area contributed by atoms with Crippen molar-refractivity contribution in [1.29, 1.82) is 5.41 Å². The summed E-state index contributed by atoms with van der Waals surface area (Å²) in [4.78, 5) is 4.35. The predicted octanol–water partition coefficient (Wildman–Crippen LogP) is 7.92. The SMILES string of the molecule is N=C(N=Cc1ccc(Nc2ccccc2-c2ccc([Si](c3ccccc3)(c3ccccc3)c3ccccc3)cc2)cc1)c1ccccc1. The molecule has 7 aromatic carbocycles. The highest BCUT2D eigenvalue weighted by molar-refractivity contribution is 7.19. The van der Waals surface area contributed by atoms with Crippen LogP contribution in [-0.4, -0.2) is 20.1 Å². The third-order valence-corrected chi connectivity index (χ3v) is 13.6. The quantitative estimate of drug-likeness (QED) is 0.0722. The molecule has 0 aliphatic carbocycles. The van der Waals surface area contributed by atoms with Crippen LogP contribution in [-0.2, 0) is 0 Å². The number of hydrogen-bond donors (Lipinski definition) is 2. The molecule has 0 spiro atoms. The molecule has 0 saturated carbocycles. The van der Waals surface area contributed by atoms with Crippen molar-refractivity contribution in [2.45, 2.75) is 0 Å². The van der Waals surface area contributed by atoms with E-state index in [1.165, 1.54) is 20.7 Å². The molecule has 7 aromatic rings. The van der Waals surface area contributed by atoms with Gasteiger partial charge in [0.05, 0.1) is 0 Å². The molecule has 0 amide bonds. The predicted molar refractivity (Wildman–Crippen MR) is 206 cm³/mol. The number of benzene rings is 7. The van der Waals surface area contributed by atoms with E-state index in [2.05, 4.69) is 150 Å².